The third-order valence-electron chi connectivity index (χ3n) is 5.68. The number of anilines is 1. The second kappa shape index (κ2) is 6.34. The second-order valence-corrected chi connectivity index (χ2v) is 7.40. The topological polar surface area (TPSA) is 77.7 Å². The summed E-state index contributed by atoms with van der Waals surface area (Å²) in [5.41, 5.74) is 9.07. The van der Waals surface area contributed by atoms with Gasteiger partial charge >= 0.3 is 0 Å². The molecule has 1 fully saturated rings. The molecule has 1 aliphatic carbocycles. The Morgan fingerprint density at radius 1 is 1.14 bits per heavy atom. The predicted molar refractivity (Wildman–Crippen MR) is 108 cm³/mol. The van der Waals surface area contributed by atoms with Crippen molar-refractivity contribution >= 4 is 22.5 Å². The fourth-order valence-electron chi connectivity index (χ4n) is 4.05. The molecule has 6 nitrogen and oxygen atoms in total. The molecule has 2 N–H and O–H groups in total. The van der Waals surface area contributed by atoms with Gasteiger partial charge in [0.05, 0.1) is 43.2 Å². The molecule has 148 valence electrons. The Labute approximate surface area is 167 Å². The molecule has 0 radical (unpaired) electrons. The van der Waals surface area contributed by atoms with Crippen LogP contribution in [-0.4, -0.2) is 36.1 Å². The van der Waals surface area contributed by atoms with Crippen molar-refractivity contribution in [1.82, 2.24) is 9.88 Å². The number of pyridine rings is 1. The Hall–Kier alpha value is -3.35. The number of nitrogen functional groups attached to an aromatic ring is 1. The van der Waals surface area contributed by atoms with Gasteiger partial charge in [0.2, 0.25) is 0 Å². The monoisotopic (exact) mass is 393 g/mol. The summed E-state index contributed by atoms with van der Waals surface area (Å²) in [6.07, 6.45) is 2.00. The van der Waals surface area contributed by atoms with E-state index in [0.29, 0.717) is 57.0 Å². The van der Waals surface area contributed by atoms with Crippen molar-refractivity contribution in [2.45, 2.75) is 25.4 Å². The lowest BCUT2D eigenvalue weighted by molar-refractivity contribution is 0.0767. The first kappa shape index (κ1) is 17.7. The molecule has 0 saturated heterocycles. The number of nitrogens with two attached hydrogens (primary N) is 1. The van der Waals surface area contributed by atoms with E-state index in [4.69, 9.17) is 20.2 Å². The van der Waals surface area contributed by atoms with Gasteiger partial charge in [-0.15, -0.1) is 0 Å². The van der Waals surface area contributed by atoms with Crippen molar-refractivity contribution in [2.24, 2.45) is 0 Å². The molecule has 0 bridgehead atoms. The van der Waals surface area contributed by atoms with Gasteiger partial charge in [-0.05, 0) is 37.1 Å². The minimum Gasteiger partial charge on any atom is -0.497 e. The van der Waals surface area contributed by atoms with E-state index in [2.05, 4.69) is 0 Å². The highest BCUT2D eigenvalue weighted by Crippen LogP contribution is 2.43. The Morgan fingerprint density at radius 2 is 1.93 bits per heavy atom. The largest absolute Gasteiger partial charge is 0.497 e. The minimum atomic E-state index is -0.434. The molecular formula is C22H20FN3O3. The van der Waals surface area contributed by atoms with Crippen molar-refractivity contribution in [3.8, 4) is 22.6 Å². The molecule has 29 heavy (non-hydrogen) atoms. The molecule has 1 amide bonds. The quantitative estimate of drug-likeness (QED) is 0.730. The normalized spacial score (nSPS) is 15.7. The number of nitrogens with zero attached hydrogens (tertiary/aromatic N) is 2. The van der Waals surface area contributed by atoms with E-state index in [1.807, 2.05) is 4.90 Å². The molecule has 1 aliphatic heterocycles. The molecule has 1 aromatic heterocycles. The highest BCUT2D eigenvalue weighted by molar-refractivity contribution is 6.11. The molecule has 0 atom stereocenters. The number of rotatable bonds is 4. The van der Waals surface area contributed by atoms with E-state index in [0.717, 1.165) is 12.8 Å². The number of fused-ring (bicyclic) bond motifs is 2. The van der Waals surface area contributed by atoms with Gasteiger partial charge in [-0.3, -0.25) is 4.79 Å². The maximum absolute atomic E-state index is 15.0. The van der Waals surface area contributed by atoms with E-state index in [9.17, 15) is 4.79 Å². The maximum Gasteiger partial charge on any atom is 0.258 e. The summed E-state index contributed by atoms with van der Waals surface area (Å²) < 4.78 is 25.8. The first-order valence-corrected chi connectivity index (χ1v) is 9.47. The number of hydrogen-bond acceptors (Lipinski definition) is 5. The highest BCUT2D eigenvalue weighted by atomic mass is 19.1. The summed E-state index contributed by atoms with van der Waals surface area (Å²) in [6.45, 7) is 0.411. The van der Waals surface area contributed by atoms with Crippen LogP contribution in [0, 0.1) is 5.82 Å². The van der Waals surface area contributed by atoms with Crippen molar-refractivity contribution in [3.05, 3.63) is 47.4 Å². The van der Waals surface area contributed by atoms with Gasteiger partial charge < -0.3 is 20.1 Å². The summed E-state index contributed by atoms with van der Waals surface area (Å²) in [7, 11) is 3.08. The van der Waals surface area contributed by atoms with Gasteiger partial charge in [-0.2, -0.15) is 0 Å². The summed E-state index contributed by atoms with van der Waals surface area (Å²) in [5.74, 6) is 0.552. The SMILES string of the molecule is COc1ccc(-c2c(F)ccc3c(N)c4c(nc23)CN(C2CC2)C4=O)c(OC)c1. The van der Waals surface area contributed by atoms with E-state index in [-0.39, 0.29) is 11.9 Å². The number of amides is 1. The minimum absolute atomic E-state index is 0.0812. The lowest BCUT2D eigenvalue weighted by atomic mass is 9.97. The third-order valence-corrected chi connectivity index (χ3v) is 5.68. The summed E-state index contributed by atoms with van der Waals surface area (Å²) in [5, 5.41) is 0.559. The third kappa shape index (κ3) is 2.61. The highest BCUT2D eigenvalue weighted by Gasteiger charge is 2.40. The van der Waals surface area contributed by atoms with Crippen LogP contribution in [0.5, 0.6) is 11.5 Å². The molecule has 0 unspecified atom stereocenters. The molecule has 2 heterocycles. The van der Waals surface area contributed by atoms with Crippen LogP contribution in [0.25, 0.3) is 22.0 Å². The first-order chi connectivity index (χ1) is 14.0. The Morgan fingerprint density at radius 3 is 2.62 bits per heavy atom. The molecular weight excluding hydrogens is 373 g/mol. The number of hydrogen-bond donors (Lipinski definition) is 1. The van der Waals surface area contributed by atoms with E-state index >= 15 is 4.39 Å². The number of ether oxygens (including phenoxy) is 2. The van der Waals surface area contributed by atoms with Crippen LogP contribution < -0.4 is 15.2 Å². The average molecular weight is 393 g/mol. The van der Waals surface area contributed by atoms with E-state index < -0.39 is 5.82 Å². The summed E-state index contributed by atoms with van der Waals surface area (Å²) in [4.78, 5) is 19.4. The zero-order chi connectivity index (χ0) is 20.3. The Kier molecular flexibility index (Phi) is 3.87. The van der Waals surface area contributed by atoms with E-state index in [1.54, 1.807) is 31.4 Å². The molecule has 2 aromatic carbocycles. The van der Waals surface area contributed by atoms with Crippen molar-refractivity contribution in [3.63, 3.8) is 0 Å². The van der Waals surface area contributed by atoms with Gasteiger partial charge in [0.1, 0.15) is 17.3 Å². The number of carbonyl (C=O) groups excluding carboxylic acids is 1. The van der Waals surface area contributed by atoms with Crippen molar-refractivity contribution < 1.29 is 18.7 Å². The predicted octanol–water partition coefficient (Wildman–Crippen LogP) is 3.76. The van der Waals surface area contributed by atoms with Crippen molar-refractivity contribution in [1.29, 1.82) is 0 Å². The van der Waals surface area contributed by atoms with Gasteiger partial charge in [0.25, 0.3) is 5.91 Å². The molecule has 0 spiro atoms. The number of methoxy groups -OCH3 is 2. The van der Waals surface area contributed by atoms with Gasteiger partial charge in [0.15, 0.2) is 0 Å². The molecule has 5 rings (SSSR count). The van der Waals surface area contributed by atoms with Crippen LogP contribution in [-0.2, 0) is 6.54 Å². The van der Waals surface area contributed by atoms with Gasteiger partial charge in [-0.25, -0.2) is 9.37 Å². The summed E-state index contributed by atoms with van der Waals surface area (Å²) >= 11 is 0. The molecule has 7 heteroatoms. The van der Waals surface area contributed by atoms with Gasteiger partial charge in [0, 0.05) is 28.6 Å². The standard InChI is InChI=1S/C22H20FN3O3/c1-28-12-5-6-13(17(9-12)29-2)18-15(23)8-7-14-20(24)19-16(25-21(14)18)10-26(22(19)27)11-3-4-11/h5-9,11H,3-4,10H2,1-2H3,(H2,24,25). The number of aromatic nitrogens is 1. The maximum atomic E-state index is 15.0. The fourth-order valence-corrected chi connectivity index (χ4v) is 4.05. The second-order valence-electron chi connectivity index (χ2n) is 7.40. The lowest BCUT2D eigenvalue weighted by Gasteiger charge is -2.15. The number of halogens is 1. The van der Waals surface area contributed by atoms with Gasteiger partial charge in [-0.1, -0.05) is 0 Å². The van der Waals surface area contributed by atoms with Crippen LogP contribution in [0.4, 0.5) is 10.1 Å². The smallest absolute Gasteiger partial charge is 0.258 e. The fraction of sp³-hybridized carbons (Fsp3) is 0.273. The summed E-state index contributed by atoms with van der Waals surface area (Å²) in [6, 6.07) is 8.37. The molecule has 1 saturated carbocycles. The van der Waals surface area contributed by atoms with E-state index in [1.165, 1.54) is 13.2 Å². The lowest BCUT2D eigenvalue weighted by Crippen LogP contribution is -2.26. The molecule has 2 aliphatic rings. The van der Waals surface area contributed by atoms with Crippen molar-refractivity contribution in [2.75, 3.05) is 20.0 Å². The number of carbonyl (C=O) groups is 1. The Balaban J connectivity index is 1.76. The number of benzene rings is 2. The van der Waals surface area contributed by atoms with Crippen LogP contribution in [0.2, 0.25) is 0 Å². The van der Waals surface area contributed by atoms with Crippen LogP contribution in [0.15, 0.2) is 30.3 Å². The zero-order valence-corrected chi connectivity index (χ0v) is 16.2. The van der Waals surface area contributed by atoms with Crippen LogP contribution in [0.3, 0.4) is 0 Å². The molecule has 3 aromatic rings. The Bertz CT molecular complexity index is 1170. The zero-order valence-electron chi connectivity index (χ0n) is 16.2. The average Bonchev–Trinajstić information content (AvgIpc) is 3.51. The van der Waals surface area contributed by atoms with Crippen LogP contribution >= 0.6 is 0 Å². The first-order valence-electron chi connectivity index (χ1n) is 9.47. The van der Waals surface area contributed by atoms with Crippen LogP contribution in [0.1, 0.15) is 28.9 Å².